The van der Waals surface area contributed by atoms with Crippen LogP contribution < -0.4 is 0 Å². The predicted molar refractivity (Wildman–Crippen MR) is 105 cm³/mol. The number of rotatable bonds is 4. The first-order chi connectivity index (χ1) is 13.9. The van der Waals surface area contributed by atoms with E-state index < -0.39 is 0 Å². The summed E-state index contributed by atoms with van der Waals surface area (Å²) in [5.41, 5.74) is 3.59. The molecule has 7 heteroatoms. The van der Waals surface area contributed by atoms with Crippen molar-refractivity contribution >= 4 is 0 Å². The highest BCUT2D eigenvalue weighted by molar-refractivity contribution is 5.79. The average Bonchev–Trinajstić information content (AvgIpc) is 3.43. The fraction of sp³-hybridized carbons (Fsp3) is 0. The van der Waals surface area contributed by atoms with Crippen molar-refractivity contribution in [2.75, 3.05) is 0 Å². The first-order valence-corrected chi connectivity index (χ1v) is 8.81. The molecule has 0 unspecified atom stereocenters. The molecule has 134 valence electrons. The fourth-order valence-electron chi connectivity index (χ4n) is 3.14. The third kappa shape index (κ3) is 2.75. The summed E-state index contributed by atoms with van der Waals surface area (Å²) >= 11 is 0. The number of hydrogen-bond acceptors (Lipinski definition) is 5. The van der Waals surface area contributed by atoms with E-state index in [0.29, 0.717) is 5.82 Å². The minimum atomic E-state index is 0.618. The molecule has 0 aliphatic heterocycles. The first-order valence-electron chi connectivity index (χ1n) is 8.81. The van der Waals surface area contributed by atoms with Crippen LogP contribution in [-0.2, 0) is 0 Å². The van der Waals surface area contributed by atoms with E-state index in [-0.39, 0.29) is 0 Å². The van der Waals surface area contributed by atoms with Crippen LogP contribution in [0.2, 0.25) is 0 Å². The van der Waals surface area contributed by atoms with Crippen LogP contribution in [0.3, 0.4) is 0 Å². The van der Waals surface area contributed by atoms with Crippen molar-refractivity contribution in [3.63, 3.8) is 0 Å². The Labute approximate surface area is 160 Å². The molecule has 28 heavy (non-hydrogen) atoms. The molecule has 0 radical (unpaired) electrons. The molecule has 0 fully saturated rings. The molecule has 0 bridgehead atoms. The van der Waals surface area contributed by atoms with E-state index in [0.717, 1.165) is 28.3 Å². The van der Waals surface area contributed by atoms with Gasteiger partial charge in [-0.25, -0.2) is 9.67 Å². The van der Waals surface area contributed by atoms with Crippen molar-refractivity contribution in [3.05, 3.63) is 91.3 Å². The molecule has 0 atom stereocenters. The maximum Gasteiger partial charge on any atom is 0.190 e. The molecular formula is C21H15N7. The monoisotopic (exact) mass is 365 g/mol. The van der Waals surface area contributed by atoms with Gasteiger partial charge in [-0.05, 0) is 34.7 Å². The summed E-state index contributed by atoms with van der Waals surface area (Å²) in [6.45, 7) is 0. The Morgan fingerprint density at radius 1 is 0.714 bits per heavy atom. The van der Waals surface area contributed by atoms with Crippen LogP contribution in [0, 0.1) is 0 Å². The van der Waals surface area contributed by atoms with E-state index in [2.05, 4.69) is 25.6 Å². The number of nitrogens with zero attached hydrogens (tertiary/aromatic N) is 7. The van der Waals surface area contributed by atoms with Crippen LogP contribution in [0.4, 0.5) is 0 Å². The predicted octanol–water partition coefficient (Wildman–Crippen LogP) is 3.58. The van der Waals surface area contributed by atoms with E-state index in [1.165, 1.54) is 0 Å². The second-order valence-corrected chi connectivity index (χ2v) is 6.12. The molecule has 3 aromatic heterocycles. The number of tetrazole rings is 1. The quantitative estimate of drug-likeness (QED) is 0.487. The summed E-state index contributed by atoms with van der Waals surface area (Å²) in [7, 11) is 0. The summed E-state index contributed by atoms with van der Waals surface area (Å²) in [5, 5.41) is 17.0. The van der Waals surface area contributed by atoms with E-state index in [1.54, 1.807) is 17.1 Å². The van der Waals surface area contributed by atoms with Crippen LogP contribution in [-0.4, -0.2) is 35.0 Å². The van der Waals surface area contributed by atoms with Gasteiger partial charge in [0.25, 0.3) is 0 Å². The van der Waals surface area contributed by atoms with Crippen molar-refractivity contribution in [3.8, 4) is 34.2 Å². The standard InChI is InChI=1S/C21H15N7/c1-3-9-16(10-4-1)20-18(15-23-28(20)19-13-7-8-14-22-19)21-24-25-26-27(21)17-11-5-2-6-12-17/h1-15H. The Bertz CT molecular complexity index is 1200. The van der Waals surface area contributed by atoms with Crippen LogP contribution in [0.25, 0.3) is 34.2 Å². The molecule has 5 rings (SSSR count). The molecule has 7 nitrogen and oxygen atoms in total. The number of para-hydroxylation sites is 1. The first kappa shape index (κ1) is 16.1. The van der Waals surface area contributed by atoms with Gasteiger partial charge in [-0.15, -0.1) is 5.10 Å². The van der Waals surface area contributed by atoms with Crippen molar-refractivity contribution in [2.45, 2.75) is 0 Å². The highest BCUT2D eigenvalue weighted by atomic mass is 15.5. The summed E-state index contributed by atoms with van der Waals surface area (Å²) in [5.74, 6) is 1.35. The Kier molecular flexibility index (Phi) is 3.95. The SMILES string of the molecule is c1ccc(-c2c(-c3nnnn3-c3ccccc3)cnn2-c2ccccn2)cc1. The van der Waals surface area contributed by atoms with E-state index in [4.69, 9.17) is 0 Å². The largest absolute Gasteiger partial charge is 0.237 e. The lowest BCUT2D eigenvalue weighted by Gasteiger charge is -2.09. The highest BCUT2D eigenvalue weighted by Gasteiger charge is 2.21. The van der Waals surface area contributed by atoms with Crippen molar-refractivity contribution < 1.29 is 0 Å². The maximum atomic E-state index is 4.60. The highest BCUT2D eigenvalue weighted by Crippen LogP contribution is 2.32. The lowest BCUT2D eigenvalue weighted by molar-refractivity contribution is 0.791. The summed E-state index contributed by atoms with van der Waals surface area (Å²) in [4.78, 5) is 4.45. The Hall–Kier alpha value is -4.13. The van der Waals surface area contributed by atoms with Gasteiger partial charge in [-0.2, -0.15) is 9.78 Å². The molecule has 0 N–H and O–H groups in total. The number of pyridine rings is 1. The van der Waals surface area contributed by atoms with Crippen LogP contribution in [0.5, 0.6) is 0 Å². The Balaban J connectivity index is 1.75. The van der Waals surface area contributed by atoms with E-state index in [1.807, 2.05) is 83.5 Å². The van der Waals surface area contributed by atoms with Gasteiger partial charge in [0.15, 0.2) is 11.6 Å². The average molecular weight is 365 g/mol. The Morgan fingerprint density at radius 3 is 2.21 bits per heavy atom. The maximum absolute atomic E-state index is 4.60. The van der Waals surface area contributed by atoms with Gasteiger partial charge in [0, 0.05) is 11.8 Å². The third-order valence-corrected chi connectivity index (χ3v) is 4.39. The molecule has 0 spiro atoms. The number of aromatic nitrogens is 7. The molecule has 0 saturated heterocycles. The minimum Gasteiger partial charge on any atom is -0.237 e. The second-order valence-electron chi connectivity index (χ2n) is 6.12. The second kappa shape index (κ2) is 6.88. The molecular weight excluding hydrogens is 350 g/mol. The van der Waals surface area contributed by atoms with Crippen molar-refractivity contribution in [1.82, 2.24) is 35.0 Å². The van der Waals surface area contributed by atoms with Crippen molar-refractivity contribution in [1.29, 1.82) is 0 Å². The van der Waals surface area contributed by atoms with Gasteiger partial charge in [0.1, 0.15) is 0 Å². The molecule has 3 heterocycles. The van der Waals surface area contributed by atoms with Crippen molar-refractivity contribution in [2.24, 2.45) is 0 Å². The fourth-order valence-corrected chi connectivity index (χ4v) is 3.14. The summed E-state index contributed by atoms with van der Waals surface area (Å²) < 4.78 is 3.53. The van der Waals surface area contributed by atoms with Gasteiger partial charge >= 0.3 is 0 Å². The van der Waals surface area contributed by atoms with Gasteiger partial charge < -0.3 is 0 Å². The lowest BCUT2D eigenvalue weighted by atomic mass is 10.1. The third-order valence-electron chi connectivity index (χ3n) is 4.39. The zero-order valence-corrected chi connectivity index (χ0v) is 14.8. The van der Waals surface area contributed by atoms with E-state index in [9.17, 15) is 0 Å². The van der Waals surface area contributed by atoms with Crippen LogP contribution >= 0.6 is 0 Å². The molecule has 0 aliphatic rings. The number of benzene rings is 2. The number of hydrogen-bond donors (Lipinski definition) is 0. The zero-order valence-electron chi connectivity index (χ0n) is 14.8. The molecule has 0 amide bonds. The zero-order chi connectivity index (χ0) is 18.8. The van der Waals surface area contributed by atoms with E-state index >= 15 is 0 Å². The lowest BCUT2D eigenvalue weighted by Crippen LogP contribution is -2.03. The summed E-state index contributed by atoms with van der Waals surface area (Å²) in [6, 6.07) is 25.6. The normalized spacial score (nSPS) is 10.9. The molecule has 2 aromatic carbocycles. The van der Waals surface area contributed by atoms with Gasteiger partial charge in [-0.1, -0.05) is 54.6 Å². The summed E-state index contributed by atoms with van der Waals surface area (Å²) in [6.07, 6.45) is 3.53. The minimum absolute atomic E-state index is 0.618. The molecule has 0 saturated carbocycles. The van der Waals surface area contributed by atoms with Gasteiger partial charge in [0.2, 0.25) is 0 Å². The van der Waals surface area contributed by atoms with Crippen LogP contribution in [0.1, 0.15) is 0 Å². The van der Waals surface area contributed by atoms with Gasteiger partial charge in [-0.3, -0.25) is 0 Å². The van der Waals surface area contributed by atoms with Gasteiger partial charge in [0.05, 0.1) is 23.1 Å². The molecule has 0 aliphatic carbocycles. The molecule has 5 aromatic rings. The van der Waals surface area contributed by atoms with Crippen LogP contribution in [0.15, 0.2) is 91.3 Å². The Morgan fingerprint density at radius 2 is 1.46 bits per heavy atom. The smallest absolute Gasteiger partial charge is 0.190 e. The topological polar surface area (TPSA) is 74.3 Å².